The Hall–Kier alpha value is -2.25. The van der Waals surface area contributed by atoms with Gasteiger partial charge >= 0.3 is 0 Å². The van der Waals surface area contributed by atoms with Crippen molar-refractivity contribution in [3.8, 4) is 5.75 Å². The second-order valence-electron chi connectivity index (χ2n) is 7.69. The number of amides is 2. The van der Waals surface area contributed by atoms with Gasteiger partial charge in [0.05, 0.1) is 4.47 Å². The van der Waals surface area contributed by atoms with Crippen molar-refractivity contribution < 1.29 is 14.3 Å². The fourth-order valence-corrected chi connectivity index (χ4v) is 4.83. The van der Waals surface area contributed by atoms with Gasteiger partial charge in [0.15, 0.2) is 6.61 Å². The first-order valence-corrected chi connectivity index (χ1v) is 12.8. The summed E-state index contributed by atoms with van der Waals surface area (Å²) in [5.74, 6) is -0.216. The fourth-order valence-electron chi connectivity index (χ4n) is 3.51. The van der Waals surface area contributed by atoms with E-state index in [9.17, 15) is 9.59 Å². The van der Waals surface area contributed by atoms with E-state index in [2.05, 4.69) is 21.2 Å². The van der Waals surface area contributed by atoms with Crippen LogP contribution >= 0.6 is 50.7 Å². The molecule has 3 aromatic carbocycles. The topological polar surface area (TPSA) is 58.6 Å². The molecule has 0 saturated carbocycles. The van der Waals surface area contributed by atoms with Gasteiger partial charge in [-0.3, -0.25) is 9.59 Å². The van der Waals surface area contributed by atoms with Gasteiger partial charge in [-0.05, 0) is 58.7 Å². The number of ether oxygens (including phenoxy) is 1. The molecule has 0 spiro atoms. The molecule has 0 aromatic heterocycles. The minimum atomic E-state index is -0.811. The van der Waals surface area contributed by atoms with E-state index in [0.717, 1.165) is 5.56 Å². The molecule has 1 atom stereocenters. The summed E-state index contributed by atoms with van der Waals surface area (Å²) < 4.78 is 6.39. The van der Waals surface area contributed by atoms with E-state index >= 15 is 0 Å². The predicted octanol–water partition coefficient (Wildman–Crippen LogP) is 6.56. The van der Waals surface area contributed by atoms with Crippen LogP contribution in [0.4, 0.5) is 0 Å². The number of carbonyl (C=O) groups excluding carboxylic acids is 2. The van der Waals surface area contributed by atoms with Gasteiger partial charge in [0.2, 0.25) is 5.91 Å². The molecule has 9 heteroatoms. The Balaban J connectivity index is 1.95. The standard InChI is InChI=1S/C26H24BrCl3N2O3/c1-2-31-26(34)23(13-17-7-4-3-5-8-17)32(15-19-21(29)9-6-10-22(19)30)25(33)16-35-24-12-11-18(28)14-20(24)27/h3-12,14,23H,2,13,15-16H2,1H3,(H,31,34)/t23-/m0/s1. The molecule has 2 amide bonds. The number of nitrogens with zero attached hydrogens (tertiary/aromatic N) is 1. The molecule has 3 aromatic rings. The van der Waals surface area contributed by atoms with Gasteiger partial charge in [-0.15, -0.1) is 0 Å². The maximum atomic E-state index is 13.6. The number of carbonyl (C=O) groups is 2. The Morgan fingerprint density at radius 2 is 1.69 bits per heavy atom. The van der Waals surface area contributed by atoms with Gasteiger partial charge in [-0.25, -0.2) is 0 Å². The van der Waals surface area contributed by atoms with Crippen molar-refractivity contribution in [3.05, 3.63) is 97.4 Å². The monoisotopic (exact) mass is 596 g/mol. The molecule has 1 N–H and O–H groups in total. The normalized spacial score (nSPS) is 11.6. The number of rotatable bonds is 10. The van der Waals surface area contributed by atoms with Gasteiger partial charge in [0.1, 0.15) is 11.8 Å². The van der Waals surface area contributed by atoms with Crippen LogP contribution in [0, 0.1) is 0 Å². The molecular formula is C26H24BrCl3N2O3. The lowest BCUT2D eigenvalue weighted by atomic mass is 10.0. The molecule has 35 heavy (non-hydrogen) atoms. The quantitative estimate of drug-likeness (QED) is 0.288. The molecule has 0 fully saturated rings. The van der Waals surface area contributed by atoms with Crippen molar-refractivity contribution in [2.45, 2.75) is 25.9 Å². The third kappa shape index (κ3) is 7.61. The number of nitrogens with one attached hydrogen (secondary N) is 1. The molecule has 0 bridgehead atoms. The average molecular weight is 599 g/mol. The second kappa shape index (κ2) is 13.2. The number of hydrogen-bond donors (Lipinski definition) is 1. The summed E-state index contributed by atoms with van der Waals surface area (Å²) in [6.07, 6.45) is 0.311. The molecule has 0 saturated heterocycles. The zero-order valence-electron chi connectivity index (χ0n) is 18.9. The molecule has 3 rings (SSSR count). The Morgan fingerprint density at radius 3 is 2.31 bits per heavy atom. The fraction of sp³-hybridized carbons (Fsp3) is 0.231. The molecular weight excluding hydrogens is 575 g/mol. The van der Waals surface area contributed by atoms with Crippen molar-refractivity contribution in [3.63, 3.8) is 0 Å². The van der Waals surface area contributed by atoms with E-state index < -0.39 is 11.9 Å². The number of likely N-dealkylation sites (N-methyl/N-ethyl adjacent to an activating group) is 1. The third-order valence-electron chi connectivity index (χ3n) is 5.26. The van der Waals surface area contributed by atoms with Crippen LogP contribution in [0.15, 0.2) is 71.2 Å². The minimum Gasteiger partial charge on any atom is -0.483 e. The Kier molecular flexibility index (Phi) is 10.3. The summed E-state index contributed by atoms with van der Waals surface area (Å²) >= 11 is 22.2. The van der Waals surface area contributed by atoms with Gasteiger partial charge in [0.25, 0.3) is 5.91 Å². The Labute approximate surface area is 228 Å². The van der Waals surface area contributed by atoms with Crippen molar-refractivity contribution in [1.82, 2.24) is 10.2 Å². The van der Waals surface area contributed by atoms with E-state index in [1.807, 2.05) is 37.3 Å². The molecule has 184 valence electrons. The lowest BCUT2D eigenvalue weighted by Gasteiger charge is -2.32. The molecule has 0 heterocycles. The van der Waals surface area contributed by atoms with Crippen LogP contribution in [0.1, 0.15) is 18.1 Å². The van der Waals surface area contributed by atoms with E-state index in [1.54, 1.807) is 36.4 Å². The largest absolute Gasteiger partial charge is 0.483 e. The van der Waals surface area contributed by atoms with Gasteiger partial charge in [-0.1, -0.05) is 71.2 Å². The average Bonchev–Trinajstić information content (AvgIpc) is 2.83. The zero-order chi connectivity index (χ0) is 25.4. The summed E-state index contributed by atoms with van der Waals surface area (Å²) in [5, 5.41) is 4.19. The lowest BCUT2D eigenvalue weighted by Crippen LogP contribution is -2.51. The highest BCUT2D eigenvalue weighted by molar-refractivity contribution is 9.10. The number of benzene rings is 3. The molecule has 5 nitrogen and oxygen atoms in total. The first-order valence-electron chi connectivity index (χ1n) is 10.9. The van der Waals surface area contributed by atoms with Crippen LogP contribution in [-0.2, 0) is 22.6 Å². The van der Waals surface area contributed by atoms with Gasteiger partial charge < -0.3 is 15.0 Å². The van der Waals surface area contributed by atoms with Crippen LogP contribution in [-0.4, -0.2) is 35.9 Å². The number of halogens is 4. The maximum Gasteiger partial charge on any atom is 0.261 e. The summed E-state index contributed by atoms with van der Waals surface area (Å²) in [4.78, 5) is 28.2. The van der Waals surface area contributed by atoms with Crippen molar-refractivity contribution in [2.24, 2.45) is 0 Å². The highest BCUT2D eigenvalue weighted by Crippen LogP contribution is 2.29. The highest BCUT2D eigenvalue weighted by Gasteiger charge is 2.31. The maximum absolute atomic E-state index is 13.6. The molecule has 0 unspecified atom stereocenters. The molecule has 0 aliphatic heterocycles. The molecule has 0 aliphatic carbocycles. The van der Waals surface area contributed by atoms with E-state index in [4.69, 9.17) is 39.5 Å². The Morgan fingerprint density at radius 1 is 1.00 bits per heavy atom. The van der Waals surface area contributed by atoms with Crippen molar-refractivity contribution in [1.29, 1.82) is 0 Å². The predicted molar refractivity (Wildman–Crippen MR) is 144 cm³/mol. The first kappa shape index (κ1) is 27.3. The SMILES string of the molecule is CCNC(=O)[C@H](Cc1ccccc1)N(Cc1c(Cl)cccc1Cl)C(=O)COc1ccc(Cl)cc1Br. The second-order valence-corrected chi connectivity index (χ2v) is 9.79. The first-order chi connectivity index (χ1) is 16.8. The summed E-state index contributed by atoms with van der Waals surface area (Å²) in [5.41, 5.74) is 1.47. The summed E-state index contributed by atoms with van der Waals surface area (Å²) in [7, 11) is 0. The smallest absolute Gasteiger partial charge is 0.261 e. The molecule has 0 aliphatic rings. The molecule has 0 radical (unpaired) electrons. The van der Waals surface area contributed by atoms with Gasteiger partial charge in [0, 0.05) is 40.1 Å². The van der Waals surface area contributed by atoms with Gasteiger partial charge in [-0.2, -0.15) is 0 Å². The number of hydrogen-bond acceptors (Lipinski definition) is 3. The Bertz CT molecular complexity index is 1160. The van der Waals surface area contributed by atoms with Crippen LogP contribution in [0.2, 0.25) is 15.1 Å². The third-order valence-corrected chi connectivity index (χ3v) is 6.82. The summed E-state index contributed by atoms with van der Waals surface area (Å²) in [6, 6.07) is 18.8. The highest BCUT2D eigenvalue weighted by atomic mass is 79.9. The van der Waals surface area contributed by atoms with E-state index in [1.165, 1.54) is 4.90 Å². The van der Waals surface area contributed by atoms with Crippen LogP contribution < -0.4 is 10.1 Å². The zero-order valence-corrected chi connectivity index (χ0v) is 22.8. The summed E-state index contributed by atoms with van der Waals surface area (Å²) in [6.45, 7) is 1.99. The van der Waals surface area contributed by atoms with Crippen molar-refractivity contribution in [2.75, 3.05) is 13.2 Å². The minimum absolute atomic E-state index is 0.0388. The van der Waals surface area contributed by atoms with E-state index in [0.29, 0.717) is 43.8 Å². The lowest BCUT2D eigenvalue weighted by molar-refractivity contribution is -0.142. The van der Waals surface area contributed by atoms with Crippen molar-refractivity contribution >= 4 is 62.5 Å². The van der Waals surface area contributed by atoms with Crippen LogP contribution in [0.5, 0.6) is 5.75 Å². The van der Waals surface area contributed by atoms with Crippen LogP contribution in [0.3, 0.4) is 0 Å². The van der Waals surface area contributed by atoms with Crippen LogP contribution in [0.25, 0.3) is 0 Å². The van der Waals surface area contributed by atoms with E-state index in [-0.39, 0.29) is 19.1 Å².